The molecular weight excluding hydrogens is 1040 g/mol. The third-order valence-electron chi connectivity index (χ3n) is 7.87. The maximum absolute atomic E-state index is 15.7. The first-order chi connectivity index (χ1) is 29.8. The van der Waals surface area contributed by atoms with Crippen molar-refractivity contribution in [3.05, 3.63) is 39.6 Å². The van der Waals surface area contributed by atoms with Crippen LogP contribution in [0.5, 0.6) is 0 Å². The van der Waals surface area contributed by atoms with Crippen molar-refractivity contribution in [1.29, 1.82) is 0 Å². The van der Waals surface area contributed by atoms with Crippen LogP contribution in [0, 0.1) is 23.7 Å². The van der Waals surface area contributed by atoms with Gasteiger partial charge in [-0.3, -0.25) is 18.2 Å². The fraction of sp³-hybridized carbons (Fsp3) is 0.560. The van der Waals surface area contributed by atoms with E-state index in [1.807, 2.05) is 5.92 Å². The van der Waals surface area contributed by atoms with Gasteiger partial charge in [-0.25, -0.2) is 50.7 Å². The second-order valence-electron chi connectivity index (χ2n) is 12.8. The highest BCUT2D eigenvalue weighted by Crippen LogP contribution is 2.68. The van der Waals surface area contributed by atoms with Crippen molar-refractivity contribution in [3.8, 4) is 23.7 Å². The average molecular weight is 1080 g/mol. The molecule has 0 spiro atoms. The first-order valence-electron chi connectivity index (χ1n) is 16.9. The summed E-state index contributed by atoms with van der Waals surface area (Å²) in [5.41, 5.74) is 2.47. The molecule has 372 valence electrons. The molecule has 4 heterocycles. The number of aliphatic hydroxyl groups excluding tert-OH is 2. The number of phosphoric ester groups is 2. The molecule has 0 bridgehead atoms. The van der Waals surface area contributed by atoms with E-state index in [0.29, 0.717) is 9.13 Å². The lowest BCUT2D eigenvalue weighted by atomic mass is 9.94. The fourth-order valence-electron chi connectivity index (χ4n) is 5.60. The van der Waals surface area contributed by atoms with Crippen LogP contribution < -0.4 is 22.8 Å². The summed E-state index contributed by atoms with van der Waals surface area (Å²) in [5, 5.41) is 20.9. The van der Waals surface area contributed by atoms with Crippen LogP contribution in [0.3, 0.4) is 0 Å². The van der Waals surface area contributed by atoms with Gasteiger partial charge < -0.3 is 70.3 Å². The molecule has 14 atom stereocenters. The third-order valence-corrected chi connectivity index (χ3v) is 15.7. The smallest absolute Gasteiger partial charge is 0.386 e. The van der Waals surface area contributed by atoms with E-state index in [2.05, 4.69) is 59.0 Å². The molecule has 14 N–H and O–H groups in total. The van der Waals surface area contributed by atoms with Gasteiger partial charge in [0.1, 0.15) is 36.6 Å². The van der Waals surface area contributed by atoms with E-state index in [1.54, 1.807) is 0 Å². The summed E-state index contributed by atoms with van der Waals surface area (Å²) in [6.45, 7) is 4.32. The average Bonchev–Trinajstić information content (AvgIpc) is 3.50. The van der Waals surface area contributed by atoms with Crippen LogP contribution in [0.25, 0.3) is 0 Å². The Kier molecular flexibility index (Phi) is 18.1. The number of hydrogen-bond donors (Lipinski definition) is 12. The molecule has 0 saturated carbocycles. The number of aliphatic hydroxyl groups is 2. The Bertz CT molecular complexity index is 2500. The molecule has 33 nitrogen and oxygen atoms in total. The molecule has 0 radical (unpaired) electrons. The van der Waals surface area contributed by atoms with Gasteiger partial charge >= 0.3 is 58.3 Å². The highest BCUT2D eigenvalue weighted by atomic mass is 31.3. The molecule has 2 saturated heterocycles. The number of phosphoric acid groups is 6. The molecule has 2 aliphatic rings. The molecule has 2 aromatic heterocycles. The minimum absolute atomic E-state index is 0.196. The van der Waals surface area contributed by atoms with Crippen molar-refractivity contribution in [3.63, 3.8) is 0 Å². The van der Waals surface area contributed by atoms with Gasteiger partial charge in [-0.05, 0) is 33.8 Å². The van der Waals surface area contributed by atoms with Crippen molar-refractivity contribution in [2.24, 2.45) is 0 Å². The maximum Gasteiger partial charge on any atom is 0.490 e. The van der Waals surface area contributed by atoms with E-state index >= 15 is 8.78 Å². The Morgan fingerprint density at radius 2 is 1.06 bits per heavy atom. The minimum Gasteiger partial charge on any atom is -0.386 e. The summed E-state index contributed by atoms with van der Waals surface area (Å²) >= 11 is 0. The van der Waals surface area contributed by atoms with Gasteiger partial charge in [0.2, 0.25) is 17.3 Å². The van der Waals surface area contributed by atoms with Gasteiger partial charge in [-0.2, -0.15) is 27.2 Å². The predicted molar refractivity (Wildman–Crippen MR) is 207 cm³/mol. The number of nitrogens with zero attached hydrogens (tertiary/aromatic N) is 5. The molecule has 2 fully saturated rings. The summed E-state index contributed by atoms with van der Waals surface area (Å²) < 4.78 is 135. The highest BCUT2D eigenvalue weighted by molar-refractivity contribution is 7.67. The number of rotatable bonds is 16. The van der Waals surface area contributed by atoms with E-state index in [0.717, 1.165) is 32.4 Å². The SMILES string of the molecule is CC#CC1(F)[C@@H](O)[C@@H]([C@@H](C)OP(=O)(O)OP(=O)(O)OP(=O)(O)O)O[C@H]1n1ccc(N)nc1=O.CC#CC1(F)[C@@H](O)[C@@H]([C@@H](C)OP(=O)(O)OP(=O)(O)OP(=O)(O)O)O[C@H]1n1cnc(N)nc1=O. The first kappa shape index (κ1) is 57.2. The number of nitrogen functional groups attached to an aromatic ring is 2. The molecule has 0 aliphatic carbocycles. The van der Waals surface area contributed by atoms with E-state index in [1.165, 1.54) is 13.8 Å². The Morgan fingerprint density at radius 3 is 1.41 bits per heavy atom. The number of nitrogens with two attached hydrogens (primary N) is 2. The quantitative estimate of drug-likeness (QED) is 0.0671. The number of aromatic nitrogens is 5. The van der Waals surface area contributed by atoms with E-state index < -0.39 is 125 Å². The molecule has 6 unspecified atom stereocenters. The zero-order chi connectivity index (χ0) is 50.8. The van der Waals surface area contributed by atoms with Crippen LogP contribution in [-0.4, -0.2) is 121 Å². The largest absolute Gasteiger partial charge is 0.490 e. The molecule has 2 aliphatic heterocycles. The number of alkyl halides is 2. The minimum atomic E-state index is -5.82. The van der Waals surface area contributed by atoms with Crippen LogP contribution in [0.15, 0.2) is 28.2 Å². The first-order valence-corrected chi connectivity index (χ1v) is 26.0. The van der Waals surface area contributed by atoms with Gasteiger partial charge in [0.15, 0.2) is 12.5 Å². The van der Waals surface area contributed by atoms with E-state index in [-0.39, 0.29) is 5.82 Å². The van der Waals surface area contributed by atoms with Crippen molar-refractivity contribution >= 4 is 58.7 Å². The van der Waals surface area contributed by atoms with Crippen molar-refractivity contribution in [1.82, 2.24) is 24.1 Å². The summed E-state index contributed by atoms with van der Waals surface area (Å²) in [4.78, 5) is 106. The van der Waals surface area contributed by atoms with Crippen LogP contribution >= 0.6 is 46.9 Å². The third kappa shape index (κ3) is 15.0. The molecule has 66 heavy (non-hydrogen) atoms. The van der Waals surface area contributed by atoms with E-state index in [9.17, 15) is 66.8 Å². The zero-order valence-electron chi connectivity index (χ0n) is 33.2. The maximum atomic E-state index is 15.7. The van der Waals surface area contributed by atoms with Crippen molar-refractivity contribution < 1.29 is 121 Å². The fourth-order valence-corrected chi connectivity index (χ4v) is 12.0. The second-order valence-corrected chi connectivity index (χ2v) is 21.6. The van der Waals surface area contributed by atoms with Gasteiger partial charge in [-0.15, -0.1) is 11.8 Å². The lowest BCUT2D eigenvalue weighted by Crippen LogP contribution is -2.45. The Morgan fingerprint density at radius 1 is 0.682 bits per heavy atom. The molecule has 0 amide bonds. The zero-order valence-corrected chi connectivity index (χ0v) is 38.6. The normalized spacial score (nSPS) is 30.0. The van der Waals surface area contributed by atoms with Gasteiger partial charge in [-0.1, -0.05) is 11.8 Å². The summed E-state index contributed by atoms with van der Waals surface area (Å²) in [5.74, 6) is 7.85. The Hall–Kier alpha value is -3.07. The topological polar surface area (TPSA) is 513 Å². The second kappa shape index (κ2) is 20.9. The molecule has 2 aromatic rings. The number of ether oxygens (including phenoxy) is 2. The summed E-state index contributed by atoms with van der Waals surface area (Å²) in [7, 11) is -34.1. The molecular formula is C25H37F2N7O26P6. The highest BCUT2D eigenvalue weighted by Gasteiger charge is 2.62. The van der Waals surface area contributed by atoms with Crippen molar-refractivity contribution in [2.75, 3.05) is 11.5 Å². The number of halogens is 2. The van der Waals surface area contributed by atoms with Crippen LogP contribution in [0.1, 0.15) is 40.2 Å². The van der Waals surface area contributed by atoms with Gasteiger partial charge in [0.05, 0.1) is 12.2 Å². The predicted octanol–water partition coefficient (Wildman–Crippen LogP) is -1.51. The standard InChI is InChI=1S/C13H19FN3O13P3.C12H18FN4O13P3/c1-3-5-13(14)10(18)9(27-11(13)17-6-4-8(15)16-12(17)19)7(2)28-32(23,24)30-33(25,26)29-31(20,21)22;1-3-4-12(13)8(18)7(27-9(12)17-5-15-10(14)16-11(17)19)6(2)28-32(23,24)30-33(25,26)29-31(20,21)22/h4,6-7,9-11,18H,1-2H3,(H,23,24)(H,25,26)(H2,15,16,19)(H2,20,21,22);5-9,18H,1-2H3,(H,23,24)(H,25,26)(H2,14,16,19)(H2,20,21,22)/t7-,9-,10+,11-,13?;6-,7-,8+,9-,12?/m11/s1. The molecule has 41 heteroatoms. The lowest BCUT2D eigenvalue weighted by Gasteiger charge is -2.25. The Labute approximate surface area is 366 Å². The molecule has 4 rings (SSSR count). The molecule has 0 aromatic carbocycles. The van der Waals surface area contributed by atoms with Crippen LogP contribution in [0.2, 0.25) is 0 Å². The monoisotopic (exact) mass is 1080 g/mol. The van der Waals surface area contributed by atoms with Crippen LogP contribution in [-0.2, 0) is 63.2 Å². The summed E-state index contributed by atoms with van der Waals surface area (Å²) in [6, 6.07) is 1.12. The number of anilines is 2. The summed E-state index contributed by atoms with van der Waals surface area (Å²) in [6.07, 6.45) is -13.9. The Balaban J connectivity index is 0.000000350. The lowest BCUT2D eigenvalue weighted by molar-refractivity contribution is -0.0784. The van der Waals surface area contributed by atoms with Gasteiger partial charge in [0.25, 0.3) is 0 Å². The number of hydrogen-bond acceptors (Lipinski definition) is 23. The van der Waals surface area contributed by atoms with E-state index in [4.69, 9.17) is 40.5 Å². The van der Waals surface area contributed by atoms with Crippen LogP contribution in [0.4, 0.5) is 20.5 Å². The van der Waals surface area contributed by atoms with Crippen molar-refractivity contribution in [2.45, 2.75) is 88.1 Å². The van der Waals surface area contributed by atoms with Gasteiger partial charge in [0, 0.05) is 6.20 Å².